The van der Waals surface area contributed by atoms with Crippen molar-refractivity contribution in [1.82, 2.24) is 0 Å². The van der Waals surface area contributed by atoms with E-state index in [-0.39, 0.29) is 11.1 Å². The van der Waals surface area contributed by atoms with E-state index in [1.54, 1.807) is 6.07 Å². The van der Waals surface area contributed by atoms with Crippen LogP contribution in [0, 0.1) is 0 Å². The average molecular weight is 422 g/mol. The molecule has 0 bridgehead atoms. The van der Waals surface area contributed by atoms with Gasteiger partial charge in [-0.2, -0.15) is 0 Å². The van der Waals surface area contributed by atoms with Crippen LogP contribution in [0.1, 0.15) is 10.4 Å². The number of nitrogens with two attached hydrogens (primary N) is 1. The molecule has 0 saturated carbocycles. The lowest BCUT2D eigenvalue weighted by atomic mass is 10.2. The summed E-state index contributed by atoms with van der Waals surface area (Å²) in [6.07, 6.45) is 0. The third kappa shape index (κ3) is 3.13. The Hall–Kier alpha value is -1.92. The van der Waals surface area contributed by atoms with E-state index in [1.807, 2.05) is 42.5 Å². The lowest BCUT2D eigenvalue weighted by molar-refractivity contribution is 0.0996. The number of amides is 1. The number of nitrogens with zero attached hydrogens (tertiary/aromatic N) is 1. The first-order valence-electron chi connectivity index (χ1n) is 6.36. The minimum Gasteiger partial charge on any atom is -0.438 e. The van der Waals surface area contributed by atoms with E-state index < -0.39 is 5.91 Å². The van der Waals surface area contributed by atoms with Gasteiger partial charge in [0.2, 0.25) is 5.55 Å². The Morgan fingerprint density at radius 3 is 2.55 bits per heavy atom. The molecule has 1 heterocycles. The van der Waals surface area contributed by atoms with Crippen molar-refractivity contribution >= 4 is 54.4 Å². The molecule has 0 unspecified atom stereocenters. The number of hydrogen-bond donors (Lipinski definition) is 1. The SMILES string of the molecule is NC(=O)c1cc2cc(Br)ccc2oc1=Nc1cccc(Br)c1. The van der Waals surface area contributed by atoms with E-state index in [4.69, 9.17) is 10.2 Å². The molecule has 4 nitrogen and oxygen atoms in total. The molecule has 0 fully saturated rings. The number of fused-ring (bicyclic) bond motifs is 1. The Balaban J connectivity index is 2.29. The molecular weight excluding hydrogens is 412 g/mol. The molecule has 0 atom stereocenters. The summed E-state index contributed by atoms with van der Waals surface area (Å²) < 4.78 is 7.53. The van der Waals surface area contributed by atoms with Gasteiger partial charge in [0, 0.05) is 14.3 Å². The molecule has 1 amide bonds. The van der Waals surface area contributed by atoms with Gasteiger partial charge in [0.25, 0.3) is 5.91 Å². The molecule has 3 rings (SSSR count). The van der Waals surface area contributed by atoms with Gasteiger partial charge in [-0.25, -0.2) is 4.99 Å². The van der Waals surface area contributed by atoms with Crippen LogP contribution in [0.5, 0.6) is 0 Å². The van der Waals surface area contributed by atoms with Crippen LogP contribution in [-0.2, 0) is 0 Å². The number of carbonyl (C=O) groups excluding carboxylic acids is 1. The molecule has 0 aliphatic carbocycles. The Bertz CT molecular complexity index is 948. The molecule has 2 N–H and O–H groups in total. The maximum Gasteiger partial charge on any atom is 0.254 e. The van der Waals surface area contributed by atoms with Gasteiger partial charge in [0.15, 0.2) is 0 Å². The number of halogens is 2. The van der Waals surface area contributed by atoms with Gasteiger partial charge < -0.3 is 10.2 Å². The molecule has 0 radical (unpaired) electrons. The molecule has 0 aliphatic heterocycles. The Morgan fingerprint density at radius 2 is 1.82 bits per heavy atom. The lowest BCUT2D eigenvalue weighted by Crippen LogP contribution is -2.21. The quantitative estimate of drug-likeness (QED) is 0.670. The summed E-state index contributed by atoms with van der Waals surface area (Å²) in [6, 6.07) is 14.6. The second-order valence-electron chi connectivity index (χ2n) is 4.60. The summed E-state index contributed by atoms with van der Waals surface area (Å²) in [5, 5.41) is 0.774. The highest BCUT2D eigenvalue weighted by molar-refractivity contribution is 9.10. The van der Waals surface area contributed by atoms with Crippen molar-refractivity contribution in [2.75, 3.05) is 0 Å². The van der Waals surface area contributed by atoms with E-state index in [0.29, 0.717) is 11.3 Å². The second-order valence-corrected chi connectivity index (χ2v) is 6.43. The molecule has 6 heteroatoms. The number of rotatable bonds is 2. The summed E-state index contributed by atoms with van der Waals surface area (Å²) >= 11 is 6.77. The fourth-order valence-electron chi connectivity index (χ4n) is 2.02. The van der Waals surface area contributed by atoms with Gasteiger partial charge in [-0.3, -0.25) is 4.79 Å². The molecule has 0 saturated heterocycles. The van der Waals surface area contributed by atoms with Crippen LogP contribution in [0.2, 0.25) is 0 Å². The average Bonchev–Trinajstić information content (AvgIpc) is 2.46. The molecule has 3 aromatic rings. The molecule has 110 valence electrons. The first-order chi connectivity index (χ1) is 10.5. The Morgan fingerprint density at radius 1 is 1.05 bits per heavy atom. The predicted octanol–water partition coefficient (Wildman–Crippen LogP) is 4.29. The maximum absolute atomic E-state index is 11.7. The fourth-order valence-corrected chi connectivity index (χ4v) is 2.79. The van der Waals surface area contributed by atoms with Crippen molar-refractivity contribution in [3.8, 4) is 0 Å². The van der Waals surface area contributed by atoms with E-state index in [1.165, 1.54) is 0 Å². The van der Waals surface area contributed by atoms with Gasteiger partial charge in [0.1, 0.15) is 11.1 Å². The number of benzene rings is 2. The summed E-state index contributed by atoms with van der Waals surface area (Å²) in [7, 11) is 0. The van der Waals surface area contributed by atoms with Crippen LogP contribution >= 0.6 is 31.9 Å². The molecule has 22 heavy (non-hydrogen) atoms. The third-order valence-corrected chi connectivity index (χ3v) is 4.00. The van der Waals surface area contributed by atoms with Crippen molar-refractivity contribution in [3.63, 3.8) is 0 Å². The molecular formula is C16H10Br2N2O2. The maximum atomic E-state index is 11.7. The first kappa shape index (κ1) is 15.0. The van der Waals surface area contributed by atoms with Crippen LogP contribution in [0.15, 0.2) is 66.9 Å². The summed E-state index contributed by atoms with van der Waals surface area (Å²) in [4.78, 5) is 16.1. The Kier molecular flexibility index (Phi) is 4.13. The van der Waals surface area contributed by atoms with Crippen LogP contribution in [0.3, 0.4) is 0 Å². The monoisotopic (exact) mass is 420 g/mol. The smallest absolute Gasteiger partial charge is 0.254 e. The highest BCUT2D eigenvalue weighted by Gasteiger charge is 2.09. The second kappa shape index (κ2) is 6.06. The van der Waals surface area contributed by atoms with Crippen molar-refractivity contribution < 1.29 is 9.21 Å². The van der Waals surface area contributed by atoms with Crippen LogP contribution in [0.25, 0.3) is 11.0 Å². The standard InChI is InChI=1S/C16H10Br2N2O2/c17-10-2-1-3-12(8-10)20-16-13(15(19)21)7-9-6-11(18)4-5-14(9)22-16/h1-8H,(H2,19,21). The predicted molar refractivity (Wildman–Crippen MR) is 91.8 cm³/mol. The van der Waals surface area contributed by atoms with Crippen LogP contribution < -0.4 is 11.3 Å². The van der Waals surface area contributed by atoms with Gasteiger partial charge in [-0.1, -0.05) is 37.9 Å². The van der Waals surface area contributed by atoms with Crippen LogP contribution in [-0.4, -0.2) is 5.91 Å². The highest BCUT2D eigenvalue weighted by atomic mass is 79.9. The lowest BCUT2D eigenvalue weighted by Gasteiger charge is -2.02. The fraction of sp³-hybridized carbons (Fsp3) is 0. The van der Waals surface area contributed by atoms with Gasteiger partial charge in [-0.05, 0) is 42.5 Å². The summed E-state index contributed by atoms with van der Waals surface area (Å²) in [6.45, 7) is 0. The van der Waals surface area contributed by atoms with Crippen LogP contribution in [0.4, 0.5) is 5.69 Å². The van der Waals surface area contributed by atoms with Gasteiger partial charge in [-0.15, -0.1) is 0 Å². The van der Waals surface area contributed by atoms with Gasteiger partial charge >= 0.3 is 0 Å². The minimum atomic E-state index is -0.584. The number of carbonyl (C=O) groups is 1. The zero-order valence-corrected chi connectivity index (χ0v) is 14.4. The first-order valence-corrected chi connectivity index (χ1v) is 7.95. The van der Waals surface area contributed by atoms with Crippen molar-refractivity contribution in [1.29, 1.82) is 0 Å². The van der Waals surface area contributed by atoms with E-state index in [2.05, 4.69) is 36.9 Å². The molecule has 1 aromatic heterocycles. The summed E-state index contributed by atoms with van der Waals surface area (Å²) in [5.41, 5.74) is 7.17. The number of primary amides is 1. The molecule has 2 aromatic carbocycles. The highest BCUT2D eigenvalue weighted by Crippen LogP contribution is 2.21. The van der Waals surface area contributed by atoms with Gasteiger partial charge in [0.05, 0.1) is 5.69 Å². The molecule has 0 spiro atoms. The Labute approximate surface area is 142 Å². The number of hydrogen-bond acceptors (Lipinski definition) is 3. The topological polar surface area (TPSA) is 68.6 Å². The van der Waals surface area contributed by atoms with E-state index in [9.17, 15) is 4.79 Å². The minimum absolute atomic E-state index is 0.195. The normalized spacial score (nSPS) is 11.8. The summed E-state index contributed by atoms with van der Waals surface area (Å²) in [5.74, 6) is -0.584. The molecule has 0 aliphatic rings. The van der Waals surface area contributed by atoms with E-state index >= 15 is 0 Å². The third-order valence-electron chi connectivity index (χ3n) is 3.01. The largest absolute Gasteiger partial charge is 0.438 e. The zero-order valence-electron chi connectivity index (χ0n) is 11.2. The van der Waals surface area contributed by atoms with Crippen molar-refractivity contribution in [2.24, 2.45) is 10.7 Å². The van der Waals surface area contributed by atoms with Crippen molar-refractivity contribution in [3.05, 3.63) is 68.6 Å². The van der Waals surface area contributed by atoms with Crippen molar-refractivity contribution in [2.45, 2.75) is 0 Å². The van der Waals surface area contributed by atoms with E-state index in [0.717, 1.165) is 14.3 Å². The zero-order chi connectivity index (χ0) is 15.7.